The van der Waals surface area contributed by atoms with Gasteiger partial charge in [0.25, 0.3) is 0 Å². The molecule has 14 aromatic carbocycles. The van der Waals surface area contributed by atoms with E-state index in [1.807, 2.05) is 60.7 Å². The fourth-order valence-electron chi connectivity index (χ4n) is 13.7. The molecule has 2 aliphatic heterocycles. The summed E-state index contributed by atoms with van der Waals surface area (Å²) in [6.07, 6.45) is 0. The van der Waals surface area contributed by atoms with E-state index in [0.29, 0.717) is 0 Å². The van der Waals surface area contributed by atoms with Crippen molar-refractivity contribution in [2.45, 2.75) is 0 Å². The molecule has 0 bridgehead atoms. The van der Waals surface area contributed by atoms with Crippen LogP contribution in [-0.4, -0.2) is 16.1 Å². The Morgan fingerprint density at radius 3 is 1.03 bits per heavy atom. The van der Waals surface area contributed by atoms with Crippen molar-refractivity contribution in [1.82, 2.24) is 0 Å². The summed E-state index contributed by atoms with van der Waals surface area (Å²) in [5, 5.41) is 17.5. The van der Waals surface area contributed by atoms with Gasteiger partial charge in [0.2, 0.25) is 0 Å². The van der Waals surface area contributed by atoms with Crippen molar-refractivity contribution < 1.29 is 14.0 Å². The van der Waals surface area contributed by atoms with E-state index in [0.717, 1.165) is 61.2 Å². The lowest BCUT2D eigenvalue weighted by atomic mass is 9.96. The number of hydrogen-bond acceptors (Lipinski definition) is 3. The van der Waals surface area contributed by atoms with E-state index in [1.165, 1.54) is 63.0 Å². The van der Waals surface area contributed by atoms with Gasteiger partial charge in [0, 0.05) is 32.2 Å². The number of hydrogen-bond donors (Lipinski definition) is 0. The van der Waals surface area contributed by atoms with Crippen LogP contribution in [0.25, 0.3) is 43.8 Å². The zero-order valence-electron chi connectivity index (χ0n) is 47.1. The summed E-state index contributed by atoms with van der Waals surface area (Å²) in [4.78, 5) is 0. The Labute approximate surface area is 504 Å². The molecule has 16 rings (SSSR count). The van der Waals surface area contributed by atoms with Crippen LogP contribution in [0.2, 0.25) is 0 Å². The predicted molar refractivity (Wildman–Crippen MR) is 366 cm³/mol. The largest absolute Gasteiger partial charge is 0.457 e. The molecule has 2 aliphatic rings. The molecule has 408 valence electrons. The van der Waals surface area contributed by atoms with Crippen LogP contribution in [0, 0.1) is 0 Å². The molecule has 0 N–H and O–H groups in total. The zero-order valence-corrected chi connectivity index (χ0v) is 50.0. The summed E-state index contributed by atoms with van der Waals surface area (Å²) >= 11 is 0. The van der Waals surface area contributed by atoms with E-state index < -0.39 is 23.3 Å². The lowest BCUT2D eigenvalue weighted by molar-refractivity contribution is 0.466. The predicted octanol–water partition coefficient (Wildman–Crippen LogP) is 13.6. The van der Waals surface area contributed by atoms with Gasteiger partial charge in [0.15, 0.2) is 23.3 Å². The highest BCUT2D eigenvalue weighted by atomic mass is 31.2. The highest BCUT2D eigenvalue weighted by molar-refractivity contribution is 7.85. The molecule has 86 heavy (non-hydrogen) atoms. The van der Waals surface area contributed by atoms with Gasteiger partial charge >= 0.3 is 0 Å². The second-order valence-corrected chi connectivity index (χ2v) is 32.3. The van der Waals surface area contributed by atoms with Crippen molar-refractivity contribution >= 4 is 102 Å². The number of ether oxygens (including phenoxy) is 2. The van der Waals surface area contributed by atoms with Gasteiger partial charge in [0.1, 0.15) is 23.0 Å². The molecule has 2 heterocycles. The molecule has 0 saturated heterocycles. The van der Waals surface area contributed by atoms with Crippen LogP contribution in [0.5, 0.6) is 23.0 Å². The first kappa shape index (κ1) is 52.7. The molecule has 0 atom stereocenters. The van der Waals surface area contributed by atoms with Crippen molar-refractivity contribution in [3.8, 4) is 45.3 Å². The number of fused-ring (bicyclic) bond motifs is 6. The molecule has 14 aromatic rings. The van der Waals surface area contributed by atoms with Crippen LogP contribution in [0.3, 0.4) is 0 Å². The van der Waals surface area contributed by atoms with E-state index in [2.05, 4.69) is 285 Å². The minimum atomic E-state index is -3.07. The maximum absolute atomic E-state index is 15.0. The standard InChI is InChI=1S/C44H28O2Si.C36H29OPSi/c1-4-15-29(16-5-1)40-34-23-12-10-19-31(34)27-38-42(40)45-36-25-14-26-37-44(36)47(38,33-21-8-3-9-22-33)39-28-32-20-11-13-24-35(32)41(43(39)46-37)30-17-6-2-7-18-30;37-38(30-16-6-1-7-17-30,31-18-8-2-9-19-31)32-26-28-36(29-27-32)39(33-20-10-3-11-21-33,34-22-12-4-13-23-34)35-24-14-5-15-25-35/h1-28H;1-29H. The Bertz CT molecular complexity index is 4510. The smallest absolute Gasteiger partial charge is 0.197 e. The first-order valence-electron chi connectivity index (χ1n) is 29.3. The summed E-state index contributed by atoms with van der Waals surface area (Å²) in [6.45, 7) is 0. The highest BCUT2D eigenvalue weighted by Gasteiger charge is 2.55. The van der Waals surface area contributed by atoms with Gasteiger partial charge in [-0.3, -0.25) is 0 Å². The molecule has 0 aliphatic carbocycles. The van der Waals surface area contributed by atoms with Crippen LogP contribution >= 0.6 is 7.14 Å². The fourth-order valence-corrected chi connectivity index (χ4v) is 26.4. The summed E-state index contributed by atoms with van der Waals surface area (Å²) < 4.78 is 29.3. The average molecular weight is 1150 g/mol. The average Bonchev–Trinajstić information content (AvgIpc) is 0.693. The third-order valence-corrected chi connectivity index (χ3v) is 30.1. The molecular formula is C80H57O3PSi2. The first-order valence-corrected chi connectivity index (χ1v) is 35.0. The van der Waals surface area contributed by atoms with Crippen molar-refractivity contribution in [3.05, 3.63) is 346 Å². The molecule has 0 spiro atoms. The number of rotatable bonds is 10. The minimum Gasteiger partial charge on any atom is -0.457 e. The Hall–Kier alpha value is -10.1. The Morgan fingerprint density at radius 2 is 0.628 bits per heavy atom. The van der Waals surface area contributed by atoms with Crippen LogP contribution < -0.4 is 66.9 Å². The van der Waals surface area contributed by atoms with E-state index in [-0.39, 0.29) is 0 Å². The van der Waals surface area contributed by atoms with E-state index in [9.17, 15) is 0 Å². The zero-order chi connectivity index (χ0) is 57.5. The molecule has 3 nitrogen and oxygen atoms in total. The first-order chi connectivity index (χ1) is 42.6. The summed E-state index contributed by atoms with van der Waals surface area (Å²) in [7, 11) is -8.74. The van der Waals surface area contributed by atoms with Gasteiger partial charge in [-0.05, 0) is 81.1 Å². The summed E-state index contributed by atoms with van der Waals surface area (Å²) in [5.74, 6) is 3.63. The van der Waals surface area contributed by atoms with Gasteiger partial charge in [-0.2, -0.15) is 0 Å². The Morgan fingerprint density at radius 1 is 0.302 bits per heavy atom. The molecule has 6 heteroatoms. The molecular weight excluding hydrogens is 1100 g/mol. The van der Waals surface area contributed by atoms with E-state index in [4.69, 9.17) is 9.47 Å². The van der Waals surface area contributed by atoms with Gasteiger partial charge in [0.05, 0.1) is 0 Å². The summed E-state index contributed by atoms with van der Waals surface area (Å²) in [6, 6.07) is 122. The van der Waals surface area contributed by atoms with Crippen molar-refractivity contribution in [2.75, 3.05) is 0 Å². The second kappa shape index (κ2) is 22.1. The van der Waals surface area contributed by atoms with Crippen LogP contribution in [-0.2, 0) is 4.57 Å². The maximum atomic E-state index is 15.0. The minimum absolute atomic E-state index is 0.848. The molecule has 0 radical (unpaired) electrons. The monoisotopic (exact) mass is 1150 g/mol. The molecule has 0 amide bonds. The quantitative estimate of drug-likeness (QED) is 0.0778. The number of benzene rings is 14. The van der Waals surface area contributed by atoms with Crippen molar-refractivity contribution in [3.63, 3.8) is 0 Å². The van der Waals surface area contributed by atoms with Crippen molar-refractivity contribution in [2.24, 2.45) is 0 Å². The molecule has 0 saturated carbocycles. The van der Waals surface area contributed by atoms with Crippen LogP contribution in [0.1, 0.15) is 0 Å². The third kappa shape index (κ3) is 8.57. The Kier molecular flexibility index (Phi) is 13.5. The second-order valence-electron chi connectivity index (χ2n) is 22.1. The molecule has 0 unspecified atom stereocenters. The molecule has 0 aromatic heterocycles. The van der Waals surface area contributed by atoms with Gasteiger partial charge in [-0.1, -0.05) is 334 Å². The third-order valence-electron chi connectivity index (χ3n) is 17.5. The van der Waals surface area contributed by atoms with Crippen LogP contribution in [0.15, 0.2) is 346 Å². The fraction of sp³-hybridized carbons (Fsp3) is 0. The summed E-state index contributed by atoms with van der Waals surface area (Å²) in [5.41, 5.74) is 4.56. The topological polar surface area (TPSA) is 35.5 Å². The maximum Gasteiger partial charge on any atom is 0.197 e. The highest BCUT2D eigenvalue weighted by Crippen LogP contribution is 2.48. The van der Waals surface area contributed by atoms with E-state index >= 15 is 4.57 Å². The van der Waals surface area contributed by atoms with E-state index in [1.54, 1.807) is 0 Å². The van der Waals surface area contributed by atoms with Gasteiger partial charge in [-0.25, -0.2) is 0 Å². The van der Waals surface area contributed by atoms with Crippen LogP contribution in [0.4, 0.5) is 0 Å². The lowest BCUT2D eigenvalue weighted by Gasteiger charge is -2.44. The van der Waals surface area contributed by atoms with Gasteiger partial charge in [-0.15, -0.1) is 0 Å². The Balaban J connectivity index is 0.000000148. The SMILES string of the molecule is O=P(c1ccccc1)(c1ccccc1)c1ccc([Si](c2ccccc2)(c2ccccc2)c2ccccc2)cc1.c1ccc(-c2c3c(cc4ccccc24)[Si]2(c4ccccc4)c4cc5ccccc5c(-c5ccccc5)c4Oc4cccc(c42)O3)cc1. The van der Waals surface area contributed by atoms with Gasteiger partial charge < -0.3 is 14.0 Å². The molecule has 0 fully saturated rings. The van der Waals surface area contributed by atoms with Crippen molar-refractivity contribution in [1.29, 1.82) is 0 Å². The lowest BCUT2D eigenvalue weighted by Crippen LogP contribution is -2.77. The normalized spacial score (nSPS) is 12.7.